The molecule has 1 aromatic carbocycles. The van der Waals surface area contributed by atoms with Crippen LogP contribution in [0.3, 0.4) is 0 Å². The number of likely N-dealkylation sites (tertiary alicyclic amines) is 1. The Hall–Kier alpha value is -1.91. The van der Waals surface area contributed by atoms with Crippen LogP contribution in [-0.4, -0.2) is 35.0 Å². The van der Waals surface area contributed by atoms with E-state index in [1.807, 2.05) is 0 Å². The summed E-state index contributed by atoms with van der Waals surface area (Å²) < 4.78 is 12.9. The third kappa shape index (κ3) is 2.52. The highest BCUT2D eigenvalue weighted by Crippen LogP contribution is 2.49. The summed E-state index contributed by atoms with van der Waals surface area (Å²) in [5.74, 6) is -1.02. The van der Waals surface area contributed by atoms with Crippen molar-refractivity contribution in [1.82, 2.24) is 4.90 Å². The number of rotatable bonds is 3. The molecule has 1 heterocycles. The maximum absolute atomic E-state index is 12.9. The molecule has 1 N–H and O–H groups in total. The molecule has 2 aliphatic rings. The summed E-state index contributed by atoms with van der Waals surface area (Å²) in [6.45, 7) is 2.48. The number of hydrogen-bond acceptors (Lipinski definition) is 2. The SMILES string of the molecule is C[C@]1(C(=O)O)CCN(C(=O)[C@H]2C[C@H]2c2ccc(F)cc2)C1. The molecule has 0 radical (unpaired) electrons. The van der Waals surface area contributed by atoms with E-state index in [1.54, 1.807) is 24.0 Å². The minimum absolute atomic E-state index is 0.0364. The summed E-state index contributed by atoms with van der Waals surface area (Å²) in [5.41, 5.74) is 0.158. The van der Waals surface area contributed by atoms with Gasteiger partial charge in [0, 0.05) is 19.0 Å². The second-order valence-corrected chi connectivity index (χ2v) is 6.38. The maximum atomic E-state index is 12.9. The third-order valence-corrected chi connectivity index (χ3v) is 4.71. The summed E-state index contributed by atoms with van der Waals surface area (Å²) in [7, 11) is 0. The minimum atomic E-state index is -0.844. The van der Waals surface area contributed by atoms with E-state index in [4.69, 9.17) is 0 Å². The van der Waals surface area contributed by atoms with Crippen molar-refractivity contribution in [3.63, 3.8) is 0 Å². The molecule has 1 saturated heterocycles. The van der Waals surface area contributed by atoms with Crippen molar-refractivity contribution < 1.29 is 19.1 Å². The lowest BCUT2D eigenvalue weighted by Crippen LogP contribution is -2.35. The standard InChI is InChI=1S/C16H18FNO3/c1-16(15(20)21)6-7-18(9-16)14(19)13-8-12(13)10-2-4-11(17)5-3-10/h2-5,12-13H,6-9H2,1H3,(H,20,21)/t12-,13-,16-/m0/s1. The Morgan fingerprint density at radius 1 is 1.33 bits per heavy atom. The Balaban J connectivity index is 1.64. The highest BCUT2D eigenvalue weighted by Gasteiger charge is 2.49. The fourth-order valence-corrected chi connectivity index (χ4v) is 3.10. The van der Waals surface area contributed by atoms with Gasteiger partial charge in [-0.3, -0.25) is 9.59 Å². The number of halogens is 1. The average molecular weight is 291 g/mol. The van der Waals surface area contributed by atoms with Gasteiger partial charge in [0.2, 0.25) is 5.91 Å². The molecule has 0 aromatic heterocycles. The zero-order chi connectivity index (χ0) is 15.2. The quantitative estimate of drug-likeness (QED) is 0.929. The number of hydrogen-bond donors (Lipinski definition) is 1. The molecule has 112 valence electrons. The summed E-state index contributed by atoms with van der Waals surface area (Å²) in [4.78, 5) is 25.3. The Kier molecular flexibility index (Phi) is 3.23. The first kappa shape index (κ1) is 14.0. The van der Waals surface area contributed by atoms with Crippen LogP contribution in [0.1, 0.15) is 31.2 Å². The Labute approximate surface area is 122 Å². The lowest BCUT2D eigenvalue weighted by atomic mass is 9.90. The molecule has 1 aliphatic carbocycles. The van der Waals surface area contributed by atoms with E-state index in [0.29, 0.717) is 13.0 Å². The highest BCUT2D eigenvalue weighted by molar-refractivity contribution is 5.85. The topological polar surface area (TPSA) is 57.6 Å². The molecule has 3 rings (SSSR count). The molecule has 0 unspecified atom stereocenters. The molecular weight excluding hydrogens is 273 g/mol. The minimum Gasteiger partial charge on any atom is -0.481 e. The predicted molar refractivity (Wildman–Crippen MR) is 74.2 cm³/mol. The van der Waals surface area contributed by atoms with Crippen LogP contribution in [0.25, 0.3) is 0 Å². The molecule has 2 fully saturated rings. The molecule has 1 aromatic rings. The number of amides is 1. The van der Waals surface area contributed by atoms with Crippen LogP contribution >= 0.6 is 0 Å². The highest BCUT2D eigenvalue weighted by atomic mass is 19.1. The second kappa shape index (κ2) is 4.83. The molecule has 21 heavy (non-hydrogen) atoms. The van der Waals surface area contributed by atoms with Gasteiger partial charge in [-0.2, -0.15) is 0 Å². The lowest BCUT2D eigenvalue weighted by Gasteiger charge is -2.20. The van der Waals surface area contributed by atoms with E-state index in [9.17, 15) is 19.1 Å². The van der Waals surface area contributed by atoms with Gasteiger partial charge in [-0.05, 0) is 43.4 Å². The summed E-state index contributed by atoms with van der Waals surface area (Å²) >= 11 is 0. The van der Waals surface area contributed by atoms with Gasteiger partial charge in [0.15, 0.2) is 0 Å². The van der Waals surface area contributed by atoms with Crippen molar-refractivity contribution in [2.75, 3.05) is 13.1 Å². The van der Waals surface area contributed by atoms with E-state index in [2.05, 4.69) is 0 Å². The first-order valence-corrected chi connectivity index (χ1v) is 7.18. The zero-order valence-corrected chi connectivity index (χ0v) is 11.9. The maximum Gasteiger partial charge on any atom is 0.311 e. The van der Waals surface area contributed by atoms with Crippen LogP contribution in [0.5, 0.6) is 0 Å². The molecule has 1 amide bonds. The van der Waals surface area contributed by atoms with Gasteiger partial charge in [0.05, 0.1) is 5.41 Å². The summed E-state index contributed by atoms with van der Waals surface area (Å²) in [6.07, 6.45) is 1.27. The van der Waals surface area contributed by atoms with Gasteiger partial charge in [-0.15, -0.1) is 0 Å². The van der Waals surface area contributed by atoms with Gasteiger partial charge in [-0.1, -0.05) is 12.1 Å². The molecular formula is C16H18FNO3. The summed E-state index contributed by atoms with van der Waals surface area (Å²) in [5, 5.41) is 9.21. The molecule has 5 heteroatoms. The largest absolute Gasteiger partial charge is 0.481 e. The van der Waals surface area contributed by atoms with E-state index < -0.39 is 11.4 Å². The predicted octanol–water partition coefficient (Wildman–Crippen LogP) is 2.25. The Bertz CT molecular complexity index is 586. The third-order valence-electron chi connectivity index (χ3n) is 4.71. The van der Waals surface area contributed by atoms with E-state index in [-0.39, 0.29) is 30.1 Å². The van der Waals surface area contributed by atoms with Crippen LogP contribution in [0.15, 0.2) is 24.3 Å². The number of nitrogens with zero attached hydrogens (tertiary/aromatic N) is 1. The van der Waals surface area contributed by atoms with Gasteiger partial charge in [0.1, 0.15) is 5.82 Å². The van der Waals surface area contributed by atoms with Crippen molar-refractivity contribution in [3.8, 4) is 0 Å². The first-order chi connectivity index (χ1) is 9.90. The van der Waals surface area contributed by atoms with Gasteiger partial charge in [-0.25, -0.2) is 4.39 Å². The number of benzene rings is 1. The van der Waals surface area contributed by atoms with Gasteiger partial charge >= 0.3 is 5.97 Å². The van der Waals surface area contributed by atoms with Crippen molar-refractivity contribution in [3.05, 3.63) is 35.6 Å². The number of aliphatic carboxylic acids is 1. The van der Waals surface area contributed by atoms with E-state index >= 15 is 0 Å². The molecule has 1 saturated carbocycles. The van der Waals surface area contributed by atoms with Crippen LogP contribution < -0.4 is 0 Å². The molecule has 1 aliphatic heterocycles. The average Bonchev–Trinajstić information content (AvgIpc) is 3.14. The van der Waals surface area contributed by atoms with E-state index in [0.717, 1.165) is 12.0 Å². The van der Waals surface area contributed by atoms with Gasteiger partial charge in [0.25, 0.3) is 0 Å². The number of carbonyl (C=O) groups excluding carboxylic acids is 1. The van der Waals surface area contributed by atoms with Crippen LogP contribution in [0.2, 0.25) is 0 Å². The fraction of sp³-hybridized carbons (Fsp3) is 0.500. The molecule has 0 spiro atoms. The normalized spacial score (nSPS) is 31.2. The summed E-state index contributed by atoms with van der Waals surface area (Å²) in [6, 6.07) is 6.26. The first-order valence-electron chi connectivity index (χ1n) is 7.18. The second-order valence-electron chi connectivity index (χ2n) is 6.38. The van der Waals surface area contributed by atoms with Crippen molar-refractivity contribution in [1.29, 1.82) is 0 Å². The van der Waals surface area contributed by atoms with Crippen LogP contribution in [-0.2, 0) is 9.59 Å². The van der Waals surface area contributed by atoms with Crippen molar-refractivity contribution in [2.45, 2.75) is 25.7 Å². The van der Waals surface area contributed by atoms with Crippen molar-refractivity contribution >= 4 is 11.9 Å². The smallest absolute Gasteiger partial charge is 0.311 e. The molecule has 0 bridgehead atoms. The van der Waals surface area contributed by atoms with E-state index in [1.165, 1.54) is 12.1 Å². The monoisotopic (exact) mass is 291 g/mol. The van der Waals surface area contributed by atoms with Crippen LogP contribution in [0, 0.1) is 17.2 Å². The Morgan fingerprint density at radius 2 is 2.00 bits per heavy atom. The fourth-order valence-electron chi connectivity index (χ4n) is 3.10. The number of carboxylic acid groups (broad SMARTS) is 1. The molecule has 3 atom stereocenters. The molecule has 4 nitrogen and oxygen atoms in total. The lowest BCUT2D eigenvalue weighted by molar-refractivity contribution is -0.147. The Morgan fingerprint density at radius 3 is 2.57 bits per heavy atom. The van der Waals surface area contributed by atoms with Crippen molar-refractivity contribution in [2.24, 2.45) is 11.3 Å². The number of carbonyl (C=O) groups is 2. The number of carboxylic acids is 1. The van der Waals surface area contributed by atoms with Crippen LogP contribution in [0.4, 0.5) is 4.39 Å². The van der Waals surface area contributed by atoms with Gasteiger partial charge < -0.3 is 10.0 Å². The zero-order valence-electron chi connectivity index (χ0n) is 11.9.